The van der Waals surface area contributed by atoms with Gasteiger partial charge in [-0.3, -0.25) is 15.0 Å². The van der Waals surface area contributed by atoms with Crippen LogP contribution in [0.15, 0.2) is 47.4 Å². The number of hydrogen-bond acceptors (Lipinski definition) is 7. The van der Waals surface area contributed by atoms with Crippen LogP contribution in [-0.4, -0.2) is 40.0 Å². The molecular formula is C20H18N2O5S2. The molecule has 3 rings (SSSR count). The zero-order valence-corrected chi connectivity index (χ0v) is 17.3. The van der Waals surface area contributed by atoms with Crippen molar-refractivity contribution in [2.75, 3.05) is 13.7 Å². The Morgan fingerprint density at radius 1 is 1.28 bits per heavy atom. The summed E-state index contributed by atoms with van der Waals surface area (Å²) in [5.41, 5.74) is 3.46. The second kappa shape index (κ2) is 8.97. The molecule has 29 heavy (non-hydrogen) atoms. The van der Waals surface area contributed by atoms with Gasteiger partial charge >= 0.3 is 0 Å². The number of phenolic OH excluding ortho intramolecular Hbond substituents is 1. The van der Waals surface area contributed by atoms with Gasteiger partial charge in [0.2, 0.25) is 0 Å². The zero-order valence-electron chi connectivity index (χ0n) is 15.7. The van der Waals surface area contributed by atoms with Crippen molar-refractivity contribution in [3.63, 3.8) is 0 Å². The van der Waals surface area contributed by atoms with Gasteiger partial charge in [-0.15, -0.1) is 0 Å². The van der Waals surface area contributed by atoms with Gasteiger partial charge in [-0.25, -0.2) is 0 Å². The maximum absolute atomic E-state index is 12.7. The molecule has 2 aromatic carbocycles. The molecule has 7 nitrogen and oxygen atoms in total. The number of ether oxygens (including phenoxy) is 2. The second-order valence-electron chi connectivity index (χ2n) is 5.82. The highest BCUT2D eigenvalue weighted by Gasteiger charge is 2.34. The number of amides is 2. The number of para-hydroxylation sites is 1. The molecule has 0 aromatic heterocycles. The molecule has 2 N–H and O–H groups in total. The Morgan fingerprint density at radius 2 is 2.03 bits per heavy atom. The SMILES string of the molecule is CCOc1cc(/C=C2/SC(=S)N(NC(=O)c3ccccc3OC)C2=O)ccc1O. The van der Waals surface area contributed by atoms with Gasteiger partial charge in [0, 0.05) is 0 Å². The number of phenols is 1. The molecule has 0 bridgehead atoms. The van der Waals surface area contributed by atoms with Gasteiger partial charge in [-0.2, -0.15) is 5.01 Å². The van der Waals surface area contributed by atoms with E-state index in [2.05, 4.69) is 5.43 Å². The highest BCUT2D eigenvalue weighted by Crippen LogP contribution is 2.34. The first kappa shape index (κ1) is 20.7. The molecule has 0 radical (unpaired) electrons. The number of hydrazine groups is 1. The zero-order chi connectivity index (χ0) is 21.0. The van der Waals surface area contributed by atoms with Crippen molar-refractivity contribution >= 4 is 46.2 Å². The molecule has 0 spiro atoms. The molecule has 1 fully saturated rings. The molecule has 9 heteroatoms. The fourth-order valence-electron chi connectivity index (χ4n) is 2.60. The van der Waals surface area contributed by atoms with Crippen molar-refractivity contribution in [1.82, 2.24) is 10.4 Å². The molecule has 2 amide bonds. The fourth-order valence-corrected chi connectivity index (χ4v) is 3.78. The van der Waals surface area contributed by atoms with Crippen molar-refractivity contribution in [2.45, 2.75) is 6.92 Å². The lowest BCUT2D eigenvalue weighted by Crippen LogP contribution is -2.44. The standard InChI is InChI=1S/C20H18N2O5S2/c1-3-27-16-10-12(8-9-14(16)23)11-17-19(25)22(20(28)29-17)21-18(24)13-6-4-5-7-15(13)26-2/h4-11,23H,3H2,1-2H3,(H,21,24)/b17-11+. The van der Waals surface area contributed by atoms with E-state index >= 15 is 0 Å². The van der Waals surface area contributed by atoms with Crippen molar-refractivity contribution in [1.29, 1.82) is 0 Å². The maximum Gasteiger partial charge on any atom is 0.285 e. The lowest BCUT2D eigenvalue weighted by molar-refractivity contribution is -0.123. The third-order valence-corrected chi connectivity index (χ3v) is 5.24. The topological polar surface area (TPSA) is 88.1 Å². The molecule has 0 atom stereocenters. The molecule has 1 aliphatic rings. The van der Waals surface area contributed by atoms with Gasteiger partial charge < -0.3 is 14.6 Å². The van der Waals surface area contributed by atoms with Crippen LogP contribution in [0.1, 0.15) is 22.8 Å². The number of carbonyl (C=O) groups excluding carboxylic acids is 2. The third-order valence-electron chi connectivity index (χ3n) is 3.94. The quantitative estimate of drug-likeness (QED) is 0.537. The first-order valence-corrected chi connectivity index (χ1v) is 9.84. The van der Waals surface area contributed by atoms with E-state index in [9.17, 15) is 14.7 Å². The Bertz CT molecular complexity index is 1010. The van der Waals surface area contributed by atoms with Crippen LogP contribution in [0, 0.1) is 0 Å². The first-order valence-electron chi connectivity index (χ1n) is 8.62. The minimum Gasteiger partial charge on any atom is -0.504 e. The van der Waals surface area contributed by atoms with Gasteiger partial charge in [0.15, 0.2) is 15.8 Å². The number of carbonyl (C=O) groups is 2. The molecule has 0 saturated carbocycles. The minimum atomic E-state index is -0.511. The average molecular weight is 431 g/mol. The molecule has 1 aliphatic heterocycles. The van der Waals surface area contributed by atoms with E-state index in [4.69, 9.17) is 21.7 Å². The lowest BCUT2D eigenvalue weighted by Gasteiger charge is -2.16. The number of thiocarbonyl (C=S) groups is 1. The molecule has 0 unspecified atom stereocenters. The van der Waals surface area contributed by atoms with E-state index in [0.717, 1.165) is 16.8 Å². The normalized spacial score (nSPS) is 15.0. The summed E-state index contributed by atoms with van der Waals surface area (Å²) in [5, 5.41) is 10.8. The van der Waals surface area contributed by atoms with Gasteiger partial charge in [-0.05, 0) is 55.0 Å². The largest absolute Gasteiger partial charge is 0.504 e. The summed E-state index contributed by atoms with van der Waals surface area (Å²) in [6, 6.07) is 11.4. The summed E-state index contributed by atoms with van der Waals surface area (Å²) in [5.74, 6) is -0.238. The predicted molar refractivity (Wildman–Crippen MR) is 115 cm³/mol. The van der Waals surface area contributed by atoms with Crippen LogP contribution < -0.4 is 14.9 Å². The Hall–Kier alpha value is -3.04. The second-order valence-corrected chi connectivity index (χ2v) is 7.49. The average Bonchev–Trinajstić information content (AvgIpc) is 2.98. The van der Waals surface area contributed by atoms with E-state index in [1.165, 1.54) is 13.2 Å². The maximum atomic E-state index is 12.7. The smallest absolute Gasteiger partial charge is 0.285 e. The van der Waals surface area contributed by atoms with E-state index < -0.39 is 11.8 Å². The predicted octanol–water partition coefficient (Wildman–Crippen LogP) is 3.35. The molecule has 1 heterocycles. The summed E-state index contributed by atoms with van der Waals surface area (Å²) >= 11 is 6.31. The Morgan fingerprint density at radius 3 is 2.76 bits per heavy atom. The fraction of sp³-hybridized carbons (Fsp3) is 0.150. The number of hydrogen-bond donors (Lipinski definition) is 2. The number of aromatic hydroxyl groups is 1. The van der Waals surface area contributed by atoms with Gasteiger partial charge in [0.1, 0.15) is 5.75 Å². The van der Waals surface area contributed by atoms with Gasteiger partial charge in [0.25, 0.3) is 11.8 Å². The number of rotatable bonds is 6. The van der Waals surface area contributed by atoms with E-state index in [1.54, 1.807) is 42.5 Å². The summed E-state index contributed by atoms with van der Waals surface area (Å²) in [7, 11) is 1.46. The van der Waals surface area contributed by atoms with Gasteiger partial charge in [-0.1, -0.05) is 30.0 Å². The van der Waals surface area contributed by atoms with E-state index in [-0.39, 0.29) is 15.6 Å². The molecule has 2 aromatic rings. The van der Waals surface area contributed by atoms with Gasteiger partial charge in [0.05, 0.1) is 24.2 Å². The first-order chi connectivity index (χ1) is 13.9. The van der Waals surface area contributed by atoms with Crippen LogP contribution in [0.25, 0.3) is 6.08 Å². The molecule has 0 aliphatic carbocycles. The summed E-state index contributed by atoms with van der Waals surface area (Å²) in [6.07, 6.45) is 1.62. The summed E-state index contributed by atoms with van der Waals surface area (Å²) in [4.78, 5) is 25.7. The Kier molecular flexibility index (Phi) is 6.40. The number of thioether (sulfide) groups is 1. The van der Waals surface area contributed by atoms with Crippen LogP contribution in [0.5, 0.6) is 17.2 Å². The van der Waals surface area contributed by atoms with Crippen LogP contribution in [0.3, 0.4) is 0 Å². The lowest BCUT2D eigenvalue weighted by atomic mass is 10.2. The number of methoxy groups -OCH3 is 1. The highest BCUT2D eigenvalue weighted by molar-refractivity contribution is 8.26. The number of nitrogens with zero attached hydrogens (tertiary/aromatic N) is 1. The summed E-state index contributed by atoms with van der Waals surface area (Å²) < 4.78 is 10.7. The molecule has 1 saturated heterocycles. The molecular weight excluding hydrogens is 412 g/mol. The van der Waals surface area contributed by atoms with Crippen LogP contribution >= 0.6 is 24.0 Å². The van der Waals surface area contributed by atoms with E-state index in [0.29, 0.717) is 28.6 Å². The van der Waals surface area contributed by atoms with Crippen molar-refractivity contribution in [3.05, 3.63) is 58.5 Å². The van der Waals surface area contributed by atoms with Crippen molar-refractivity contribution < 1.29 is 24.2 Å². The highest BCUT2D eigenvalue weighted by atomic mass is 32.2. The minimum absolute atomic E-state index is 0.0145. The number of benzene rings is 2. The monoisotopic (exact) mass is 430 g/mol. The van der Waals surface area contributed by atoms with Crippen molar-refractivity contribution in [2.24, 2.45) is 0 Å². The van der Waals surface area contributed by atoms with Crippen LogP contribution in [-0.2, 0) is 4.79 Å². The summed E-state index contributed by atoms with van der Waals surface area (Å²) in [6.45, 7) is 2.20. The van der Waals surface area contributed by atoms with E-state index in [1.807, 2.05) is 6.92 Å². The third kappa shape index (κ3) is 4.52. The van der Waals surface area contributed by atoms with Crippen molar-refractivity contribution in [3.8, 4) is 17.2 Å². The van der Waals surface area contributed by atoms with Crippen LogP contribution in [0.2, 0.25) is 0 Å². The molecule has 150 valence electrons. The Balaban J connectivity index is 1.80. The Labute approximate surface area is 177 Å². The van der Waals surface area contributed by atoms with Crippen LogP contribution in [0.4, 0.5) is 0 Å². The number of nitrogens with one attached hydrogen (secondary N) is 1.